The highest BCUT2D eigenvalue weighted by Gasteiger charge is 2.16. The van der Waals surface area contributed by atoms with Gasteiger partial charge in [0.05, 0.1) is 6.42 Å². The molecule has 0 bridgehead atoms. The Labute approximate surface area is 117 Å². The van der Waals surface area contributed by atoms with E-state index in [4.69, 9.17) is 15.9 Å². The zero-order valence-corrected chi connectivity index (χ0v) is 11.2. The van der Waals surface area contributed by atoms with Gasteiger partial charge in [0.15, 0.2) is 0 Å². The molecule has 1 aliphatic rings. The number of rotatable bonds is 4. The van der Waals surface area contributed by atoms with Crippen molar-refractivity contribution in [3.05, 3.63) is 35.9 Å². The lowest BCUT2D eigenvalue weighted by Crippen LogP contribution is -2.24. The van der Waals surface area contributed by atoms with Crippen molar-refractivity contribution in [2.24, 2.45) is 5.73 Å². The monoisotopic (exact) mass is 280 g/mol. The molecule has 0 radical (unpaired) electrons. The summed E-state index contributed by atoms with van der Waals surface area (Å²) in [5.41, 5.74) is 5.96. The van der Waals surface area contributed by atoms with Crippen molar-refractivity contribution in [2.75, 3.05) is 6.54 Å². The second-order valence-electron chi connectivity index (χ2n) is 4.62. The first-order chi connectivity index (χ1) is 9.50. The number of carbonyl (C=O) groups is 2. The van der Waals surface area contributed by atoms with Crippen molar-refractivity contribution in [1.82, 2.24) is 5.32 Å². The lowest BCUT2D eigenvalue weighted by atomic mass is 10.1. The number of aliphatic carboxylic acids is 2. The molecular formula is C14H20N2O4. The minimum atomic E-state index is -1.00. The number of benzene rings is 1. The molecule has 1 aromatic rings. The number of carboxylic acids is 2. The van der Waals surface area contributed by atoms with Crippen molar-refractivity contribution >= 4 is 11.9 Å². The highest BCUT2D eigenvalue weighted by molar-refractivity contribution is 5.75. The topological polar surface area (TPSA) is 113 Å². The van der Waals surface area contributed by atoms with Gasteiger partial charge in [-0.05, 0) is 24.9 Å². The summed E-state index contributed by atoms with van der Waals surface area (Å²) in [6.07, 6.45) is 2.42. The van der Waals surface area contributed by atoms with E-state index in [1.54, 1.807) is 24.3 Å². The summed E-state index contributed by atoms with van der Waals surface area (Å²) in [5, 5.41) is 20.0. The van der Waals surface area contributed by atoms with E-state index in [0.717, 1.165) is 19.4 Å². The molecule has 1 fully saturated rings. The zero-order chi connectivity index (χ0) is 15.0. The van der Waals surface area contributed by atoms with E-state index in [-0.39, 0.29) is 12.5 Å². The summed E-state index contributed by atoms with van der Waals surface area (Å²) < 4.78 is 0. The highest BCUT2D eigenvalue weighted by atomic mass is 16.4. The first-order valence-electron chi connectivity index (χ1n) is 6.49. The Kier molecular flexibility index (Phi) is 6.69. The predicted octanol–water partition coefficient (Wildman–Crippen LogP) is 0.984. The Bertz CT molecular complexity index is 430. The summed E-state index contributed by atoms with van der Waals surface area (Å²) >= 11 is 0. The van der Waals surface area contributed by atoms with Crippen LogP contribution in [0.5, 0.6) is 0 Å². The second-order valence-corrected chi connectivity index (χ2v) is 4.62. The molecule has 1 saturated heterocycles. The summed E-state index contributed by atoms with van der Waals surface area (Å²) in [7, 11) is 0. The van der Waals surface area contributed by atoms with Crippen molar-refractivity contribution in [3.8, 4) is 0 Å². The Hall–Kier alpha value is -1.92. The fourth-order valence-corrected chi connectivity index (χ4v) is 1.94. The van der Waals surface area contributed by atoms with Crippen LogP contribution in [0.4, 0.5) is 0 Å². The predicted molar refractivity (Wildman–Crippen MR) is 74.3 cm³/mol. The zero-order valence-electron chi connectivity index (χ0n) is 11.2. The van der Waals surface area contributed by atoms with Gasteiger partial charge < -0.3 is 21.3 Å². The minimum absolute atomic E-state index is 0.238. The molecule has 1 heterocycles. The third kappa shape index (κ3) is 5.81. The van der Waals surface area contributed by atoms with Crippen molar-refractivity contribution in [3.63, 3.8) is 0 Å². The normalized spacial score (nSPS) is 18.8. The van der Waals surface area contributed by atoms with Crippen molar-refractivity contribution < 1.29 is 19.8 Å². The van der Waals surface area contributed by atoms with Crippen molar-refractivity contribution in [2.45, 2.75) is 31.3 Å². The van der Waals surface area contributed by atoms with Gasteiger partial charge in [-0.25, -0.2) is 0 Å². The van der Waals surface area contributed by atoms with Gasteiger partial charge in [0.2, 0.25) is 0 Å². The van der Waals surface area contributed by atoms with Gasteiger partial charge in [0.1, 0.15) is 6.04 Å². The van der Waals surface area contributed by atoms with Gasteiger partial charge in [0.25, 0.3) is 0 Å². The van der Waals surface area contributed by atoms with Crippen LogP contribution >= 0.6 is 0 Å². The summed E-state index contributed by atoms with van der Waals surface area (Å²) in [5.74, 6) is -1.70. The molecule has 6 heteroatoms. The fourth-order valence-electron chi connectivity index (χ4n) is 1.94. The van der Waals surface area contributed by atoms with E-state index in [9.17, 15) is 9.59 Å². The van der Waals surface area contributed by atoms with E-state index in [1.165, 1.54) is 0 Å². The van der Waals surface area contributed by atoms with Crippen LogP contribution in [-0.2, 0) is 9.59 Å². The molecule has 2 rings (SSSR count). The maximum absolute atomic E-state index is 10.4. The van der Waals surface area contributed by atoms with Crippen LogP contribution in [0.3, 0.4) is 0 Å². The quantitative estimate of drug-likeness (QED) is 0.654. The van der Waals surface area contributed by atoms with Gasteiger partial charge >= 0.3 is 11.9 Å². The van der Waals surface area contributed by atoms with Crippen LogP contribution in [0.15, 0.2) is 30.3 Å². The number of nitrogens with two attached hydrogens (primary N) is 1. The molecule has 1 aliphatic heterocycles. The average Bonchev–Trinajstić information content (AvgIpc) is 2.91. The number of carboxylic acid groups (broad SMARTS) is 2. The Morgan fingerprint density at radius 1 is 1.30 bits per heavy atom. The summed E-state index contributed by atoms with van der Waals surface area (Å²) in [4.78, 5) is 20.5. The number of nitrogens with one attached hydrogen (secondary N) is 1. The first kappa shape index (κ1) is 16.1. The van der Waals surface area contributed by atoms with Crippen molar-refractivity contribution in [1.29, 1.82) is 0 Å². The molecule has 20 heavy (non-hydrogen) atoms. The average molecular weight is 280 g/mol. The molecule has 0 aromatic heterocycles. The Balaban J connectivity index is 0.000000204. The van der Waals surface area contributed by atoms with Gasteiger partial charge in [-0.3, -0.25) is 9.59 Å². The van der Waals surface area contributed by atoms with Crippen LogP contribution in [0.1, 0.15) is 30.9 Å². The SMILES string of the molecule is N[C@H](C(=O)O)c1ccccc1.O=C(O)C[C@@H]1CCCN1. The van der Waals surface area contributed by atoms with Crippen LogP contribution < -0.4 is 11.1 Å². The van der Waals surface area contributed by atoms with Crippen LogP contribution in [0.2, 0.25) is 0 Å². The van der Waals surface area contributed by atoms with Gasteiger partial charge in [0, 0.05) is 6.04 Å². The molecule has 2 atom stereocenters. The third-order valence-corrected chi connectivity index (χ3v) is 3.01. The minimum Gasteiger partial charge on any atom is -0.481 e. The number of hydrogen-bond donors (Lipinski definition) is 4. The Morgan fingerprint density at radius 2 is 1.95 bits per heavy atom. The fraction of sp³-hybridized carbons (Fsp3) is 0.429. The smallest absolute Gasteiger partial charge is 0.325 e. The maximum atomic E-state index is 10.4. The van der Waals surface area contributed by atoms with Gasteiger partial charge in [-0.1, -0.05) is 30.3 Å². The summed E-state index contributed by atoms with van der Waals surface area (Å²) in [6, 6.07) is 8.06. The van der Waals surface area contributed by atoms with Crippen LogP contribution in [-0.4, -0.2) is 34.7 Å². The highest BCUT2D eigenvalue weighted by Crippen LogP contribution is 2.08. The lowest BCUT2D eigenvalue weighted by molar-refractivity contribution is -0.139. The molecule has 1 aromatic carbocycles. The van der Waals surface area contributed by atoms with E-state index in [0.29, 0.717) is 5.56 Å². The van der Waals surface area contributed by atoms with Crippen LogP contribution in [0, 0.1) is 0 Å². The van der Waals surface area contributed by atoms with E-state index >= 15 is 0 Å². The molecule has 6 nitrogen and oxygen atoms in total. The molecular weight excluding hydrogens is 260 g/mol. The van der Waals surface area contributed by atoms with Gasteiger partial charge in [-0.15, -0.1) is 0 Å². The molecule has 0 aliphatic carbocycles. The largest absolute Gasteiger partial charge is 0.481 e. The first-order valence-corrected chi connectivity index (χ1v) is 6.49. The molecule has 0 amide bonds. The summed E-state index contributed by atoms with van der Waals surface area (Å²) in [6.45, 7) is 0.984. The Morgan fingerprint density at radius 3 is 2.40 bits per heavy atom. The standard InChI is InChI=1S/C8H9NO2.C6H11NO2/c9-7(8(10)11)6-4-2-1-3-5-6;8-6(9)4-5-2-1-3-7-5/h1-5,7H,9H2,(H,10,11);5,7H,1-4H2,(H,8,9)/t7-;5-/m00/s1. The van der Waals surface area contributed by atoms with E-state index in [2.05, 4.69) is 5.32 Å². The molecule has 110 valence electrons. The molecule has 0 saturated carbocycles. The molecule has 0 spiro atoms. The maximum Gasteiger partial charge on any atom is 0.325 e. The van der Waals surface area contributed by atoms with E-state index < -0.39 is 18.0 Å². The lowest BCUT2D eigenvalue weighted by Gasteiger charge is -2.04. The number of hydrogen-bond acceptors (Lipinski definition) is 4. The second kappa shape index (κ2) is 8.29. The molecule has 5 N–H and O–H groups in total. The van der Waals surface area contributed by atoms with Gasteiger partial charge in [-0.2, -0.15) is 0 Å². The van der Waals surface area contributed by atoms with Crippen LogP contribution in [0.25, 0.3) is 0 Å². The third-order valence-electron chi connectivity index (χ3n) is 3.01. The molecule has 0 unspecified atom stereocenters. The van der Waals surface area contributed by atoms with E-state index in [1.807, 2.05) is 6.07 Å².